The summed E-state index contributed by atoms with van der Waals surface area (Å²) in [4.78, 5) is 15.2. The molecule has 32 heavy (non-hydrogen) atoms. The molecule has 2 heterocycles. The van der Waals surface area contributed by atoms with Crippen LogP contribution in [-0.2, 0) is 0 Å². The highest BCUT2D eigenvalue weighted by Gasteiger charge is 2.42. The number of carbonyl (C=O) groups is 1. The highest BCUT2D eigenvalue weighted by molar-refractivity contribution is 6.00. The number of aromatic nitrogens is 2. The lowest BCUT2D eigenvalue weighted by Gasteiger charge is -2.26. The van der Waals surface area contributed by atoms with E-state index in [4.69, 9.17) is 4.74 Å². The van der Waals surface area contributed by atoms with Gasteiger partial charge >= 0.3 is 0 Å². The first-order valence-corrected chi connectivity index (χ1v) is 11.4. The predicted molar refractivity (Wildman–Crippen MR) is 125 cm³/mol. The number of aromatic hydroxyl groups is 1. The molecule has 3 aromatic rings. The molecule has 1 unspecified atom stereocenters. The van der Waals surface area contributed by atoms with Gasteiger partial charge in [-0.05, 0) is 61.6 Å². The molecule has 1 amide bonds. The highest BCUT2D eigenvalue weighted by atomic mass is 16.5. The summed E-state index contributed by atoms with van der Waals surface area (Å²) >= 11 is 0. The molecule has 1 aromatic heterocycles. The van der Waals surface area contributed by atoms with Gasteiger partial charge in [-0.2, -0.15) is 5.10 Å². The minimum atomic E-state index is -0.291. The van der Waals surface area contributed by atoms with E-state index in [-0.39, 0.29) is 17.7 Å². The van der Waals surface area contributed by atoms with Crippen molar-refractivity contribution in [2.45, 2.75) is 53.0 Å². The summed E-state index contributed by atoms with van der Waals surface area (Å²) in [5.41, 5.74) is 5.37. The second-order valence-electron chi connectivity index (χ2n) is 8.51. The number of ether oxygens (including phenoxy) is 1. The number of phenols is 1. The van der Waals surface area contributed by atoms with Gasteiger partial charge in [0.1, 0.15) is 22.9 Å². The maximum Gasteiger partial charge on any atom is 0.273 e. The molecule has 0 spiro atoms. The van der Waals surface area contributed by atoms with Crippen LogP contribution < -0.4 is 4.74 Å². The van der Waals surface area contributed by atoms with Crippen LogP contribution in [0.1, 0.15) is 71.9 Å². The molecular weight excluding hydrogens is 402 g/mol. The van der Waals surface area contributed by atoms with Gasteiger partial charge in [-0.3, -0.25) is 9.89 Å². The molecule has 1 atom stereocenters. The Kier molecular flexibility index (Phi) is 6.21. The first-order chi connectivity index (χ1) is 15.5. The quantitative estimate of drug-likeness (QED) is 0.458. The summed E-state index contributed by atoms with van der Waals surface area (Å²) in [7, 11) is 0. The molecule has 2 N–H and O–H groups in total. The Hall–Kier alpha value is -3.28. The molecule has 2 aromatic carbocycles. The summed E-state index contributed by atoms with van der Waals surface area (Å²) in [6.45, 7) is 9.37. The summed E-state index contributed by atoms with van der Waals surface area (Å²) in [5, 5.41) is 18.3. The van der Waals surface area contributed by atoms with Crippen molar-refractivity contribution in [3.05, 3.63) is 64.3 Å². The van der Waals surface area contributed by atoms with E-state index in [9.17, 15) is 9.90 Å². The zero-order valence-corrected chi connectivity index (χ0v) is 19.2. The van der Waals surface area contributed by atoms with Gasteiger partial charge in [0, 0.05) is 17.7 Å². The lowest BCUT2D eigenvalue weighted by atomic mass is 9.94. The Bertz CT molecular complexity index is 1140. The Morgan fingerprint density at radius 2 is 1.97 bits per heavy atom. The van der Waals surface area contributed by atoms with Crippen LogP contribution in [0.2, 0.25) is 0 Å². The van der Waals surface area contributed by atoms with Crippen LogP contribution in [0.15, 0.2) is 36.4 Å². The monoisotopic (exact) mass is 433 g/mol. The minimum absolute atomic E-state index is 0.0632. The highest BCUT2D eigenvalue weighted by Crippen LogP contribution is 2.45. The number of unbranched alkanes of at least 4 members (excludes halogenated alkanes) is 1. The molecule has 0 saturated carbocycles. The third-order valence-corrected chi connectivity index (χ3v) is 5.97. The molecule has 0 fully saturated rings. The van der Waals surface area contributed by atoms with Crippen LogP contribution in [0.3, 0.4) is 0 Å². The topological polar surface area (TPSA) is 78.5 Å². The van der Waals surface area contributed by atoms with Gasteiger partial charge in [0.05, 0.1) is 12.6 Å². The smallest absolute Gasteiger partial charge is 0.273 e. The molecule has 0 aliphatic carbocycles. The van der Waals surface area contributed by atoms with E-state index < -0.39 is 0 Å². The van der Waals surface area contributed by atoms with Gasteiger partial charge in [-0.1, -0.05) is 38.5 Å². The maximum absolute atomic E-state index is 13.3. The zero-order chi connectivity index (χ0) is 22.8. The molecule has 1 aliphatic rings. The Morgan fingerprint density at radius 1 is 1.16 bits per heavy atom. The van der Waals surface area contributed by atoms with Gasteiger partial charge < -0.3 is 14.7 Å². The third kappa shape index (κ3) is 3.85. The van der Waals surface area contributed by atoms with Crippen LogP contribution in [-0.4, -0.2) is 39.3 Å². The molecule has 0 radical (unpaired) electrons. The predicted octanol–water partition coefficient (Wildman–Crippen LogP) is 5.53. The summed E-state index contributed by atoms with van der Waals surface area (Å²) < 4.78 is 5.94. The van der Waals surface area contributed by atoms with E-state index in [1.807, 2.05) is 55.1 Å². The fourth-order valence-corrected chi connectivity index (χ4v) is 4.47. The molecule has 4 rings (SSSR count). The number of nitrogens with one attached hydrogen (secondary N) is 1. The van der Waals surface area contributed by atoms with Crippen LogP contribution in [0, 0.1) is 13.8 Å². The third-order valence-electron chi connectivity index (χ3n) is 5.97. The van der Waals surface area contributed by atoms with Crippen molar-refractivity contribution in [3.8, 4) is 22.8 Å². The zero-order valence-electron chi connectivity index (χ0n) is 19.2. The number of hydrogen-bond acceptors (Lipinski definition) is 4. The fraction of sp³-hybridized carbons (Fsp3) is 0.385. The maximum atomic E-state index is 13.3. The van der Waals surface area contributed by atoms with E-state index in [0.717, 1.165) is 47.3 Å². The van der Waals surface area contributed by atoms with Gasteiger partial charge in [0.2, 0.25) is 0 Å². The second-order valence-corrected chi connectivity index (χ2v) is 8.51. The van der Waals surface area contributed by atoms with Crippen molar-refractivity contribution in [1.29, 1.82) is 0 Å². The van der Waals surface area contributed by atoms with Gasteiger partial charge in [0.15, 0.2) is 0 Å². The molecule has 0 bridgehead atoms. The molecule has 6 nitrogen and oxygen atoms in total. The van der Waals surface area contributed by atoms with E-state index >= 15 is 0 Å². The number of fused-ring (bicyclic) bond motifs is 1. The van der Waals surface area contributed by atoms with E-state index in [1.165, 1.54) is 0 Å². The normalized spacial score (nSPS) is 15.3. The Morgan fingerprint density at radius 3 is 2.72 bits per heavy atom. The number of aryl methyl sites for hydroxylation is 2. The van der Waals surface area contributed by atoms with E-state index in [2.05, 4.69) is 24.0 Å². The number of hydrogen-bond donors (Lipinski definition) is 2. The lowest BCUT2D eigenvalue weighted by Crippen LogP contribution is -2.30. The van der Waals surface area contributed by atoms with Gasteiger partial charge in [-0.25, -0.2) is 0 Å². The number of carbonyl (C=O) groups excluding carboxylic acids is 1. The average Bonchev–Trinajstić information content (AvgIpc) is 3.31. The number of aromatic amines is 1. The fourth-order valence-electron chi connectivity index (χ4n) is 4.47. The van der Waals surface area contributed by atoms with Gasteiger partial charge in [0.25, 0.3) is 5.91 Å². The largest absolute Gasteiger partial charge is 0.507 e. The number of nitrogens with zero attached hydrogens (tertiary/aromatic N) is 2. The second kappa shape index (κ2) is 9.07. The standard InChI is InChI=1S/C26H31N3O3/c1-5-7-12-32-19-10-8-9-18(15-19)24-21-22(20-14-16(3)13-17(4)25(20)30)27-28-23(21)26(31)29(24)11-6-2/h8-10,13-15,24,30H,5-7,11-12H2,1-4H3,(H,27,28). The number of rotatable bonds is 8. The van der Waals surface area contributed by atoms with Crippen molar-refractivity contribution in [3.63, 3.8) is 0 Å². The molecule has 6 heteroatoms. The summed E-state index contributed by atoms with van der Waals surface area (Å²) in [6, 6.07) is 11.5. The summed E-state index contributed by atoms with van der Waals surface area (Å²) in [5.74, 6) is 0.932. The van der Waals surface area contributed by atoms with E-state index in [1.54, 1.807) is 0 Å². The lowest BCUT2D eigenvalue weighted by molar-refractivity contribution is 0.0743. The SMILES string of the molecule is CCCCOc1cccc(C2c3c(-c4cc(C)cc(C)c4O)n[nH]c3C(=O)N2CCC)c1. The van der Waals surface area contributed by atoms with Crippen LogP contribution in [0.5, 0.6) is 11.5 Å². The van der Waals surface area contributed by atoms with Crippen LogP contribution >= 0.6 is 0 Å². The van der Waals surface area contributed by atoms with Crippen molar-refractivity contribution in [1.82, 2.24) is 15.1 Å². The molecule has 1 aliphatic heterocycles. The van der Waals surface area contributed by atoms with Gasteiger partial charge in [-0.15, -0.1) is 0 Å². The number of benzene rings is 2. The Labute approximate surface area is 189 Å². The van der Waals surface area contributed by atoms with Crippen LogP contribution in [0.4, 0.5) is 0 Å². The van der Waals surface area contributed by atoms with Crippen LogP contribution in [0.25, 0.3) is 11.3 Å². The number of H-pyrrole nitrogens is 1. The average molecular weight is 434 g/mol. The van der Waals surface area contributed by atoms with Crippen molar-refractivity contribution >= 4 is 5.91 Å². The first-order valence-electron chi connectivity index (χ1n) is 11.4. The molecular formula is C26H31N3O3. The summed E-state index contributed by atoms with van der Waals surface area (Å²) in [6.07, 6.45) is 2.91. The molecule has 168 valence electrons. The van der Waals surface area contributed by atoms with Crippen molar-refractivity contribution < 1.29 is 14.6 Å². The first kappa shape index (κ1) is 21.9. The van der Waals surface area contributed by atoms with E-state index in [0.29, 0.717) is 30.1 Å². The molecule has 0 saturated heterocycles. The van der Waals surface area contributed by atoms with Crippen molar-refractivity contribution in [2.75, 3.05) is 13.2 Å². The number of phenolic OH excluding ortho intramolecular Hbond substituents is 1. The van der Waals surface area contributed by atoms with Crippen molar-refractivity contribution in [2.24, 2.45) is 0 Å². The minimum Gasteiger partial charge on any atom is -0.507 e. The Balaban J connectivity index is 1.84. The number of amides is 1.